The van der Waals surface area contributed by atoms with Crippen LogP contribution in [0.3, 0.4) is 0 Å². The molecule has 0 radical (unpaired) electrons. The van der Waals surface area contributed by atoms with Gasteiger partial charge < -0.3 is 0 Å². The van der Waals surface area contributed by atoms with E-state index in [2.05, 4.69) is 52.8 Å². The van der Waals surface area contributed by atoms with Crippen molar-refractivity contribution in [3.8, 4) is 0 Å². The lowest BCUT2D eigenvalue weighted by molar-refractivity contribution is 0.583. The highest BCUT2D eigenvalue weighted by Gasteiger charge is 2.16. The molecule has 0 aliphatic carbocycles. The first-order valence-corrected chi connectivity index (χ1v) is 5.05. The Morgan fingerprint density at radius 3 is 2.23 bits per heavy atom. The Labute approximate surface area is 82.0 Å². The molecule has 0 spiro atoms. The molecule has 1 aromatic rings. The smallest absolute Gasteiger partial charge is 0.0129 e. The van der Waals surface area contributed by atoms with Gasteiger partial charge in [0.2, 0.25) is 0 Å². The average Bonchev–Trinajstić information content (AvgIpc) is 2.01. The molecule has 1 aromatic carbocycles. The SMILES string of the molecule is CCc1cc(C)ccc1C(C)(C)C. The summed E-state index contributed by atoms with van der Waals surface area (Å²) in [6.45, 7) is 11.2. The Bertz CT molecular complexity index is 289. The van der Waals surface area contributed by atoms with E-state index < -0.39 is 0 Å². The van der Waals surface area contributed by atoms with Gasteiger partial charge in [-0.2, -0.15) is 0 Å². The van der Waals surface area contributed by atoms with Crippen LogP contribution in [0.2, 0.25) is 0 Å². The van der Waals surface area contributed by atoms with Gasteiger partial charge in [-0.15, -0.1) is 0 Å². The van der Waals surface area contributed by atoms with Crippen molar-refractivity contribution in [3.05, 3.63) is 34.9 Å². The summed E-state index contributed by atoms with van der Waals surface area (Å²) in [6, 6.07) is 6.79. The molecule has 0 aliphatic rings. The maximum absolute atomic E-state index is 2.31. The van der Waals surface area contributed by atoms with Crippen molar-refractivity contribution >= 4 is 0 Å². The number of aryl methyl sites for hydroxylation is 2. The zero-order valence-corrected chi connectivity index (χ0v) is 9.44. The van der Waals surface area contributed by atoms with Gasteiger partial charge in [0, 0.05) is 0 Å². The average molecular weight is 176 g/mol. The van der Waals surface area contributed by atoms with Gasteiger partial charge in [0.1, 0.15) is 0 Å². The molecule has 0 saturated carbocycles. The van der Waals surface area contributed by atoms with E-state index in [1.54, 1.807) is 0 Å². The third-order valence-electron chi connectivity index (χ3n) is 2.45. The maximum atomic E-state index is 2.31. The van der Waals surface area contributed by atoms with Gasteiger partial charge in [0.05, 0.1) is 0 Å². The molecule has 0 heteroatoms. The van der Waals surface area contributed by atoms with Gasteiger partial charge in [-0.3, -0.25) is 0 Å². The molecular weight excluding hydrogens is 156 g/mol. The molecule has 13 heavy (non-hydrogen) atoms. The first kappa shape index (κ1) is 10.3. The quantitative estimate of drug-likeness (QED) is 0.609. The molecule has 0 unspecified atom stereocenters. The molecule has 0 aliphatic heterocycles. The van der Waals surface area contributed by atoms with Crippen molar-refractivity contribution in [2.24, 2.45) is 0 Å². The van der Waals surface area contributed by atoms with Gasteiger partial charge in [-0.05, 0) is 29.9 Å². The molecule has 0 amide bonds. The molecule has 0 fully saturated rings. The first-order valence-electron chi connectivity index (χ1n) is 5.05. The fourth-order valence-electron chi connectivity index (χ4n) is 1.75. The fraction of sp³-hybridized carbons (Fsp3) is 0.538. The Balaban J connectivity index is 3.22. The maximum Gasteiger partial charge on any atom is -0.0129 e. The standard InChI is InChI=1S/C13H20/c1-6-11-9-10(2)7-8-12(11)13(3,4)5/h7-9H,6H2,1-5H3. The van der Waals surface area contributed by atoms with Gasteiger partial charge in [0.25, 0.3) is 0 Å². The van der Waals surface area contributed by atoms with Gasteiger partial charge in [0.15, 0.2) is 0 Å². The van der Waals surface area contributed by atoms with E-state index in [9.17, 15) is 0 Å². The van der Waals surface area contributed by atoms with E-state index in [0.29, 0.717) is 0 Å². The lowest BCUT2D eigenvalue weighted by Crippen LogP contribution is -2.14. The van der Waals surface area contributed by atoms with Crippen LogP contribution >= 0.6 is 0 Å². The summed E-state index contributed by atoms with van der Waals surface area (Å²) in [5.41, 5.74) is 4.62. The molecule has 72 valence electrons. The van der Waals surface area contributed by atoms with Crippen molar-refractivity contribution < 1.29 is 0 Å². The normalized spacial score (nSPS) is 11.8. The van der Waals surface area contributed by atoms with Gasteiger partial charge >= 0.3 is 0 Å². The van der Waals surface area contributed by atoms with Gasteiger partial charge in [-0.25, -0.2) is 0 Å². The lowest BCUT2D eigenvalue weighted by Gasteiger charge is -2.22. The summed E-state index contributed by atoms with van der Waals surface area (Å²) >= 11 is 0. The van der Waals surface area contributed by atoms with Crippen molar-refractivity contribution in [2.45, 2.75) is 46.5 Å². The molecule has 0 bridgehead atoms. The predicted molar refractivity (Wildman–Crippen MR) is 59.3 cm³/mol. The summed E-state index contributed by atoms with van der Waals surface area (Å²) in [5.74, 6) is 0. The molecular formula is C13H20. The largest absolute Gasteiger partial charge is 0.0613 e. The summed E-state index contributed by atoms with van der Waals surface area (Å²) < 4.78 is 0. The highest BCUT2D eigenvalue weighted by Crippen LogP contribution is 2.26. The zero-order valence-electron chi connectivity index (χ0n) is 9.44. The van der Waals surface area contributed by atoms with Crippen molar-refractivity contribution in [3.63, 3.8) is 0 Å². The second kappa shape index (κ2) is 3.53. The van der Waals surface area contributed by atoms with Crippen LogP contribution in [-0.2, 0) is 11.8 Å². The minimum atomic E-state index is 0.277. The topological polar surface area (TPSA) is 0 Å². The highest BCUT2D eigenvalue weighted by molar-refractivity contribution is 5.35. The monoisotopic (exact) mass is 176 g/mol. The molecule has 0 aromatic heterocycles. The van der Waals surface area contributed by atoms with E-state index >= 15 is 0 Å². The van der Waals surface area contributed by atoms with Crippen LogP contribution in [0.5, 0.6) is 0 Å². The van der Waals surface area contributed by atoms with Crippen molar-refractivity contribution in [1.29, 1.82) is 0 Å². The van der Waals surface area contributed by atoms with Crippen molar-refractivity contribution in [2.75, 3.05) is 0 Å². The summed E-state index contributed by atoms with van der Waals surface area (Å²) in [6.07, 6.45) is 1.13. The summed E-state index contributed by atoms with van der Waals surface area (Å²) in [7, 11) is 0. The third kappa shape index (κ3) is 2.33. The van der Waals surface area contributed by atoms with Crippen LogP contribution in [0.1, 0.15) is 44.4 Å². The van der Waals surface area contributed by atoms with E-state index in [4.69, 9.17) is 0 Å². The second-order valence-corrected chi connectivity index (χ2v) is 4.76. The minimum Gasteiger partial charge on any atom is -0.0613 e. The Hall–Kier alpha value is -0.780. The summed E-state index contributed by atoms with van der Waals surface area (Å²) in [5, 5.41) is 0. The highest BCUT2D eigenvalue weighted by atomic mass is 14.2. The minimum absolute atomic E-state index is 0.277. The third-order valence-corrected chi connectivity index (χ3v) is 2.45. The van der Waals surface area contributed by atoms with E-state index in [-0.39, 0.29) is 5.41 Å². The van der Waals surface area contributed by atoms with E-state index in [1.807, 2.05) is 0 Å². The number of hydrogen-bond acceptors (Lipinski definition) is 0. The van der Waals surface area contributed by atoms with E-state index in [1.165, 1.54) is 16.7 Å². The fourth-order valence-corrected chi connectivity index (χ4v) is 1.75. The molecule has 0 saturated heterocycles. The second-order valence-electron chi connectivity index (χ2n) is 4.76. The van der Waals surface area contributed by atoms with Crippen LogP contribution in [0.25, 0.3) is 0 Å². The molecule has 0 heterocycles. The van der Waals surface area contributed by atoms with E-state index in [0.717, 1.165) is 6.42 Å². The predicted octanol–water partition coefficient (Wildman–Crippen LogP) is 3.85. The number of benzene rings is 1. The van der Waals surface area contributed by atoms with Crippen LogP contribution in [0.15, 0.2) is 18.2 Å². The Kier molecular flexibility index (Phi) is 2.80. The van der Waals surface area contributed by atoms with Crippen LogP contribution in [0.4, 0.5) is 0 Å². The number of hydrogen-bond donors (Lipinski definition) is 0. The molecule has 0 N–H and O–H groups in total. The molecule has 0 nitrogen and oxygen atoms in total. The van der Waals surface area contributed by atoms with Crippen LogP contribution in [0, 0.1) is 6.92 Å². The molecule has 1 rings (SSSR count). The summed E-state index contributed by atoms with van der Waals surface area (Å²) in [4.78, 5) is 0. The Morgan fingerprint density at radius 1 is 1.15 bits per heavy atom. The lowest BCUT2D eigenvalue weighted by atomic mass is 9.82. The van der Waals surface area contributed by atoms with Crippen LogP contribution in [-0.4, -0.2) is 0 Å². The Morgan fingerprint density at radius 2 is 1.77 bits per heavy atom. The zero-order chi connectivity index (χ0) is 10.1. The number of rotatable bonds is 1. The molecule has 0 atom stereocenters. The van der Waals surface area contributed by atoms with Crippen molar-refractivity contribution in [1.82, 2.24) is 0 Å². The first-order chi connectivity index (χ1) is 5.95. The van der Waals surface area contributed by atoms with Gasteiger partial charge in [-0.1, -0.05) is 51.5 Å². The van der Waals surface area contributed by atoms with Crippen LogP contribution < -0.4 is 0 Å².